The highest BCUT2D eigenvalue weighted by atomic mass is 16.5. The van der Waals surface area contributed by atoms with Gasteiger partial charge in [-0.3, -0.25) is 11.3 Å². The molecule has 1 saturated heterocycles. The Bertz CT molecular complexity index is 254. The van der Waals surface area contributed by atoms with Gasteiger partial charge in [-0.25, -0.2) is 0 Å². The molecule has 0 bridgehead atoms. The molecule has 3 N–H and O–H groups in total. The van der Waals surface area contributed by atoms with Crippen LogP contribution in [0.25, 0.3) is 0 Å². The van der Waals surface area contributed by atoms with Gasteiger partial charge in [-0.2, -0.15) is 0 Å². The fraction of sp³-hybridized carbons (Fsp3) is 1.00. The van der Waals surface area contributed by atoms with Crippen molar-refractivity contribution in [3.63, 3.8) is 0 Å². The Morgan fingerprint density at radius 2 is 2.06 bits per heavy atom. The highest BCUT2D eigenvalue weighted by Crippen LogP contribution is 2.44. The van der Waals surface area contributed by atoms with E-state index >= 15 is 0 Å². The van der Waals surface area contributed by atoms with Crippen LogP contribution < -0.4 is 11.3 Å². The van der Waals surface area contributed by atoms with E-state index in [1.807, 2.05) is 6.92 Å². The molecule has 0 aromatic carbocycles. The van der Waals surface area contributed by atoms with Crippen molar-refractivity contribution in [2.75, 3.05) is 13.2 Å². The lowest BCUT2D eigenvalue weighted by atomic mass is 9.80. The van der Waals surface area contributed by atoms with E-state index in [1.54, 1.807) is 0 Å². The van der Waals surface area contributed by atoms with Gasteiger partial charge in [-0.1, -0.05) is 0 Å². The first-order valence-corrected chi connectivity index (χ1v) is 7.06. The van der Waals surface area contributed by atoms with Crippen LogP contribution in [0.2, 0.25) is 0 Å². The Morgan fingerprint density at radius 1 is 1.39 bits per heavy atom. The molecule has 0 aromatic heterocycles. The zero-order valence-electron chi connectivity index (χ0n) is 12.6. The molecule has 0 aliphatic carbocycles. The predicted molar refractivity (Wildman–Crippen MR) is 74.2 cm³/mol. The lowest BCUT2D eigenvalue weighted by molar-refractivity contribution is -0.0781. The number of hydrazine groups is 1. The Morgan fingerprint density at radius 3 is 2.50 bits per heavy atom. The lowest BCUT2D eigenvalue weighted by Gasteiger charge is -2.32. The number of nitrogens with two attached hydrogens (primary N) is 1. The molecule has 4 nitrogen and oxygen atoms in total. The fourth-order valence-electron chi connectivity index (χ4n) is 3.18. The van der Waals surface area contributed by atoms with E-state index in [0.717, 1.165) is 32.5 Å². The summed E-state index contributed by atoms with van der Waals surface area (Å²) in [5.74, 6) is 6.17. The van der Waals surface area contributed by atoms with Crippen LogP contribution in [-0.2, 0) is 9.47 Å². The van der Waals surface area contributed by atoms with Gasteiger partial charge in [-0.05, 0) is 53.9 Å². The largest absolute Gasteiger partial charge is 0.382 e. The Hall–Kier alpha value is -0.160. The monoisotopic (exact) mass is 258 g/mol. The summed E-state index contributed by atoms with van der Waals surface area (Å²) >= 11 is 0. The summed E-state index contributed by atoms with van der Waals surface area (Å²) in [4.78, 5) is 0. The Balaban J connectivity index is 2.54. The van der Waals surface area contributed by atoms with Crippen molar-refractivity contribution in [3.05, 3.63) is 0 Å². The summed E-state index contributed by atoms with van der Waals surface area (Å²) in [6, 6.07) is 0.294. The van der Waals surface area contributed by atoms with E-state index < -0.39 is 0 Å². The average molecular weight is 258 g/mol. The van der Waals surface area contributed by atoms with Crippen LogP contribution in [0.1, 0.15) is 53.9 Å². The van der Waals surface area contributed by atoms with Crippen molar-refractivity contribution in [1.29, 1.82) is 0 Å². The van der Waals surface area contributed by atoms with Crippen molar-refractivity contribution in [2.24, 2.45) is 11.8 Å². The molecular formula is C14H30N2O2. The van der Waals surface area contributed by atoms with Gasteiger partial charge in [0.05, 0.1) is 11.2 Å². The fourth-order valence-corrected chi connectivity index (χ4v) is 3.18. The number of ether oxygens (including phenoxy) is 2. The summed E-state index contributed by atoms with van der Waals surface area (Å²) < 4.78 is 11.5. The van der Waals surface area contributed by atoms with Crippen LogP contribution in [0.15, 0.2) is 0 Å². The molecule has 0 saturated carbocycles. The molecular weight excluding hydrogens is 228 g/mol. The van der Waals surface area contributed by atoms with Crippen LogP contribution in [0, 0.1) is 5.92 Å². The molecule has 108 valence electrons. The molecule has 1 heterocycles. The van der Waals surface area contributed by atoms with Gasteiger partial charge in [0.25, 0.3) is 0 Å². The van der Waals surface area contributed by atoms with Gasteiger partial charge >= 0.3 is 0 Å². The SMILES string of the molecule is CCOCCCC(NN)C1CC(C)(C)OC1(C)C. The van der Waals surface area contributed by atoms with Crippen LogP contribution >= 0.6 is 0 Å². The van der Waals surface area contributed by atoms with Crippen molar-refractivity contribution in [2.45, 2.75) is 71.1 Å². The van der Waals surface area contributed by atoms with Crippen LogP contribution in [0.4, 0.5) is 0 Å². The van der Waals surface area contributed by atoms with Crippen molar-refractivity contribution in [1.82, 2.24) is 5.43 Å². The molecule has 1 fully saturated rings. The maximum absolute atomic E-state index is 6.13. The van der Waals surface area contributed by atoms with Crippen molar-refractivity contribution >= 4 is 0 Å². The maximum atomic E-state index is 6.13. The van der Waals surface area contributed by atoms with Gasteiger partial charge in [0.15, 0.2) is 0 Å². The topological polar surface area (TPSA) is 56.5 Å². The quantitative estimate of drug-likeness (QED) is 0.418. The molecule has 4 heteroatoms. The second kappa shape index (κ2) is 6.33. The van der Waals surface area contributed by atoms with Crippen LogP contribution in [-0.4, -0.2) is 30.5 Å². The number of hydrogen-bond donors (Lipinski definition) is 2. The Kier molecular flexibility index (Phi) is 5.59. The molecule has 1 rings (SSSR count). The van der Waals surface area contributed by atoms with Crippen molar-refractivity contribution < 1.29 is 9.47 Å². The molecule has 2 unspecified atom stereocenters. The predicted octanol–water partition coefficient (Wildman–Crippen LogP) is 2.23. The first-order chi connectivity index (χ1) is 8.32. The van der Waals surface area contributed by atoms with E-state index in [4.69, 9.17) is 15.3 Å². The number of rotatable bonds is 7. The molecule has 0 amide bonds. The minimum Gasteiger partial charge on any atom is -0.382 e. The lowest BCUT2D eigenvalue weighted by Crippen LogP contribution is -2.47. The van der Waals surface area contributed by atoms with E-state index in [0.29, 0.717) is 12.0 Å². The first kappa shape index (κ1) is 15.9. The standard InChI is InChI=1S/C14H30N2O2/c1-6-17-9-7-8-12(16-15)11-10-13(2,3)18-14(11,4)5/h11-12,16H,6-10,15H2,1-5H3. The summed E-state index contributed by atoms with van der Waals surface area (Å²) in [5, 5.41) is 0. The van der Waals surface area contributed by atoms with Gasteiger partial charge in [0.1, 0.15) is 0 Å². The smallest absolute Gasteiger partial charge is 0.0678 e. The van der Waals surface area contributed by atoms with Gasteiger partial charge in [0, 0.05) is 25.2 Å². The highest BCUT2D eigenvalue weighted by molar-refractivity contribution is 4.98. The van der Waals surface area contributed by atoms with Gasteiger partial charge < -0.3 is 9.47 Å². The summed E-state index contributed by atoms with van der Waals surface area (Å²) in [5.41, 5.74) is 2.81. The third-order valence-electron chi connectivity index (χ3n) is 3.85. The van der Waals surface area contributed by atoms with E-state index in [-0.39, 0.29) is 11.2 Å². The molecule has 18 heavy (non-hydrogen) atoms. The third kappa shape index (κ3) is 4.19. The third-order valence-corrected chi connectivity index (χ3v) is 3.85. The molecule has 2 atom stereocenters. The molecule has 1 aliphatic rings. The highest BCUT2D eigenvalue weighted by Gasteiger charge is 2.48. The molecule has 0 spiro atoms. The summed E-state index contributed by atoms with van der Waals surface area (Å²) in [7, 11) is 0. The number of hydrogen-bond acceptors (Lipinski definition) is 4. The second-order valence-corrected chi connectivity index (χ2v) is 6.39. The molecule has 0 radical (unpaired) electrons. The second-order valence-electron chi connectivity index (χ2n) is 6.39. The Labute approximate surface area is 112 Å². The van der Waals surface area contributed by atoms with E-state index in [9.17, 15) is 0 Å². The number of nitrogens with one attached hydrogen (secondary N) is 1. The average Bonchev–Trinajstić information content (AvgIpc) is 2.47. The zero-order chi connectivity index (χ0) is 13.8. The minimum absolute atomic E-state index is 0.0524. The van der Waals surface area contributed by atoms with Crippen LogP contribution in [0.3, 0.4) is 0 Å². The normalized spacial score (nSPS) is 27.3. The zero-order valence-corrected chi connectivity index (χ0v) is 12.6. The first-order valence-electron chi connectivity index (χ1n) is 7.06. The van der Waals surface area contributed by atoms with E-state index in [2.05, 4.69) is 33.1 Å². The van der Waals surface area contributed by atoms with Gasteiger partial charge in [-0.15, -0.1) is 0 Å². The van der Waals surface area contributed by atoms with Crippen molar-refractivity contribution in [3.8, 4) is 0 Å². The summed E-state index contributed by atoms with van der Waals surface area (Å²) in [6.45, 7) is 12.3. The minimum atomic E-state index is -0.119. The van der Waals surface area contributed by atoms with Gasteiger partial charge in [0.2, 0.25) is 0 Å². The van der Waals surface area contributed by atoms with E-state index in [1.165, 1.54) is 0 Å². The van der Waals surface area contributed by atoms with Crippen LogP contribution in [0.5, 0.6) is 0 Å². The summed E-state index contributed by atoms with van der Waals surface area (Å²) in [6.07, 6.45) is 3.11. The maximum Gasteiger partial charge on any atom is 0.0678 e. The molecule has 0 aromatic rings. The molecule has 1 aliphatic heterocycles.